The number of hydrogen-bond acceptors (Lipinski definition) is 3. The number of hydrogen-bond donors (Lipinski definition) is 0. The van der Waals surface area contributed by atoms with E-state index < -0.39 is 0 Å². The van der Waals surface area contributed by atoms with Crippen molar-refractivity contribution in [2.24, 2.45) is 0 Å². The molecule has 2 atom stereocenters. The van der Waals surface area contributed by atoms with Gasteiger partial charge >= 0.3 is 0 Å². The summed E-state index contributed by atoms with van der Waals surface area (Å²) in [6.45, 7) is 1.73. The molecular formula is C17H19ClN2O. The molecule has 2 aliphatic rings. The van der Waals surface area contributed by atoms with Crippen LogP contribution in [0, 0.1) is 0 Å². The number of benzene rings is 1. The van der Waals surface area contributed by atoms with Crippen LogP contribution in [0.2, 0.25) is 0 Å². The zero-order valence-corrected chi connectivity index (χ0v) is 12.7. The largest absolute Gasteiger partial charge is 0.374 e. The zero-order valence-electron chi connectivity index (χ0n) is 12.0. The van der Waals surface area contributed by atoms with E-state index >= 15 is 0 Å². The van der Waals surface area contributed by atoms with Crippen molar-refractivity contribution < 1.29 is 4.74 Å². The number of ether oxygens (including phenoxy) is 1. The first-order valence-electron chi connectivity index (χ1n) is 7.69. The minimum atomic E-state index is 0.381. The molecular weight excluding hydrogens is 284 g/mol. The second kappa shape index (κ2) is 5.47. The summed E-state index contributed by atoms with van der Waals surface area (Å²) in [6, 6.07) is 8.94. The first kappa shape index (κ1) is 13.4. The van der Waals surface area contributed by atoms with Gasteiger partial charge in [-0.15, -0.1) is 11.6 Å². The van der Waals surface area contributed by atoms with E-state index in [-0.39, 0.29) is 0 Å². The first-order valence-corrected chi connectivity index (χ1v) is 8.23. The van der Waals surface area contributed by atoms with E-state index in [1.807, 2.05) is 6.20 Å². The smallest absolute Gasteiger partial charge is 0.136 e. The van der Waals surface area contributed by atoms with Gasteiger partial charge in [-0.1, -0.05) is 24.3 Å². The Morgan fingerprint density at radius 1 is 1.24 bits per heavy atom. The second-order valence-electron chi connectivity index (χ2n) is 5.89. The Labute approximate surface area is 129 Å². The molecule has 4 heteroatoms. The summed E-state index contributed by atoms with van der Waals surface area (Å²) in [5, 5.41) is 2.43. The third-order valence-electron chi connectivity index (χ3n) is 4.75. The predicted molar refractivity (Wildman–Crippen MR) is 86.0 cm³/mol. The summed E-state index contributed by atoms with van der Waals surface area (Å²) in [7, 11) is 0. The second-order valence-corrected chi connectivity index (χ2v) is 6.15. The van der Waals surface area contributed by atoms with Crippen LogP contribution in [0.4, 0.5) is 5.82 Å². The average molecular weight is 303 g/mol. The summed E-state index contributed by atoms with van der Waals surface area (Å²) in [5.74, 6) is 1.60. The molecule has 1 saturated carbocycles. The Bertz CT molecular complexity index is 660. The lowest BCUT2D eigenvalue weighted by Crippen LogP contribution is -2.49. The lowest BCUT2D eigenvalue weighted by atomic mass is 10.1. The number of anilines is 1. The van der Waals surface area contributed by atoms with Gasteiger partial charge in [-0.05, 0) is 30.2 Å². The summed E-state index contributed by atoms with van der Waals surface area (Å²) < 4.78 is 5.92. The number of nitrogens with zero attached hydrogens (tertiary/aromatic N) is 2. The molecule has 4 rings (SSSR count). The zero-order chi connectivity index (χ0) is 14.2. The van der Waals surface area contributed by atoms with Crippen molar-refractivity contribution in [2.45, 2.75) is 37.3 Å². The topological polar surface area (TPSA) is 25.4 Å². The van der Waals surface area contributed by atoms with E-state index in [9.17, 15) is 0 Å². The molecule has 2 aromatic rings. The summed E-state index contributed by atoms with van der Waals surface area (Å²) in [6.07, 6.45) is 5.96. The minimum Gasteiger partial charge on any atom is -0.374 e. The number of morpholine rings is 1. The highest BCUT2D eigenvalue weighted by Gasteiger charge is 2.37. The molecule has 21 heavy (non-hydrogen) atoms. The maximum atomic E-state index is 6.06. The van der Waals surface area contributed by atoms with Crippen molar-refractivity contribution in [3.05, 3.63) is 36.0 Å². The van der Waals surface area contributed by atoms with Gasteiger partial charge in [0.15, 0.2) is 0 Å². The van der Waals surface area contributed by atoms with Crippen LogP contribution in [-0.4, -0.2) is 30.3 Å². The molecule has 1 aliphatic heterocycles. The number of fused-ring (bicyclic) bond motifs is 2. The van der Waals surface area contributed by atoms with Gasteiger partial charge in [0, 0.05) is 24.0 Å². The monoisotopic (exact) mass is 302 g/mol. The number of pyridine rings is 1. The highest BCUT2D eigenvalue weighted by Crippen LogP contribution is 2.36. The summed E-state index contributed by atoms with van der Waals surface area (Å²) in [5.41, 5.74) is 1.10. The fraction of sp³-hybridized carbons (Fsp3) is 0.471. The van der Waals surface area contributed by atoms with Crippen LogP contribution >= 0.6 is 11.6 Å². The molecule has 0 N–H and O–H groups in total. The number of alkyl halides is 1. The predicted octanol–water partition coefficient (Wildman–Crippen LogP) is 3.73. The highest BCUT2D eigenvalue weighted by molar-refractivity contribution is 6.18. The molecule has 110 valence electrons. The molecule has 0 spiro atoms. The third kappa shape index (κ3) is 2.19. The van der Waals surface area contributed by atoms with Gasteiger partial charge in [-0.2, -0.15) is 0 Å². The lowest BCUT2D eigenvalue weighted by Gasteiger charge is -2.39. The van der Waals surface area contributed by atoms with Crippen LogP contribution < -0.4 is 4.90 Å². The Kier molecular flexibility index (Phi) is 3.48. The van der Waals surface area contributed by atoms with Gasteiger partial charge in [0.05, 0.1) is 18.8 Å². The van der Waals surface area contributed by atoms with E-state index in [1.54, 1.807) is 0 Å². The summed E-state index contributed by atoms with van der Waals surface area (Å²) in [4.78, 5) is 7.21. The van der Waals surface area contributed by atoms with Crippen LogP contribution in [0.5, 0.6) is 0 Å². The fourth-order valence-electron chi connectivity index (χ4n) is 3.76. The molecule has 0 radical (unpaired) electrons. The summed E-state index contributed by atoms with van der Waals surface area (Å²) >= 11 is 6.06. The van der Waals surface area contributed by atoms with Gasteiger partial charge in [0.25, 0.3) is 0 Å². The van der Waals surface area contributed by atoms with E-state index in [0.717, 1.165) is 24.5 Å². The van der Waals surface area contributed by atoms with Gasteiger partial charge in [0.1, 0.15) is 5.82 Å². The van der Waals surface area contributed by atoms with Gasteiger partial charge in [-0.25, -0.2) is 4.98 Å². The van der Waals surface area contributed by atoms with Gasteiger partial charge in [0.2, 0.25) is 0 Å². The Hall–Kier alpha value is -1.32. The normalized spacial score (nSPS) is 25.3. The van der Waals surface area contributed by atoms with Crippen molar-refractivity contribution in [3.8, 4) is 0 Å². The number of halogens is 1. The SMILES string of the molecule is ClCc1cnc(N2CCOC3CCCC32)c2ccccc12. The highest BCUT2D eigenvalue weighted by atomic mass is 35.5. The van der Waals surface area contributed by atoms with Crippen LogP contribution in [0.15, 0.2) is 30.5 Å². The van der Waals surface area contributed by atoms with Crippen molar-refractivity contribution >= 4 is 28.2 Å². The number of aromatic nitrogens is 1. The van der Waals surface area contributed by atoms with Crippen LogP contribution in [0.3, 0.4) is 0 Å². The van der Waals surface area contributed by atoms with E-state index in [2.05, 4.69) is 29.2 Å². The van der Waals surface area contributed by atoms with E-state index in [1.165, 1.54) is 30.0 Å². The van der Waals surface area contributed by atoms with Crippen LogP contribution in [-0.2, 0) is 10.6 Å². The van der Waals surface area contributed by atoms with Crippen molar-refractivity contribution in [3.63, 3.8) is 0 Å². The van der Waals surface area contributed by atoms with E-state index in [4.69, 9.17) is 21.3 Å². The Morgan fingerprint density at radius 3 is 2.95 bits per heavy atom. The molecule has 1 aromatic heterocycles. The molecule has 0 amide bonds. The molecule has 2 fully saturated rings. The number of rotatable bonds is 2. The first-order chi connectivity index (χ1) is 10.4. The molecule has 3 nitrogen and oxygen atoms in total. The Balaban J connectivity index is 1.83. The average Bonchev–Trinajstić information content (AvgIpc) is 3.02. The molecule has 1 saturated heterocycles. The maximum absolute atomic E-state index is 6.06. The van der Waals surface area contributed by atoms with Gasteiger partial charge < -0.3 is 9.64 Å². The minimum absolute atomic E-state index is 0.381. The van der Waals surface area contributed by atoms with Crippen molar-refractivity contribution in [2.75, 3.05) is 18.1 Å². The third-order valence-corrected chi connectivity index (χ3v) is 5.04. The molecule has 2 heterocycles. The van der Waals surface area contributed by atoms with Crippen LogP contribution in [0.1, 0.15) is 24.8 Å². The van der Waals surface area contributed by atoms with Crippen molar-refractivity contribution in [1.82, 2.24) is 4.98 Å². The Morgan fingerprint density at radius 2 is 2.10 bits per heavy atom. The standard InChI is InChI=1S/C17H19ClN2O/c18-10-12-11-19-17(14-5-2-1-4-13(12)14)20-8-9-21-16-7-3-6-15(16)20/h1-2,4-5,11,15-16H,3,6-10H2. The van der Waals surface area contributed by atoms with E-state index in [0.29, 0.717) is 18.0 Å². The van der Waals surface area contributed by atoms with Crippen molar-refractivity contribution in [1.29, 1.82) is 0 Å². The lowest BCUT2D eigenvalue weighted by molar-refractivity contribution is 0.0254. The van der Waals surface area contributed by atoms with Crippen LogP contribution in [0.25, 0.3) is 10.8 Å². The maximum Gasteiger partial charge on any atom is 0.136 e. The molecule has 1 aromatic carbocycles. The fourth-order valence-corrected chi connectivity index (χ4v) is 3.97. The molecule has 2 unspecified atom stereocenters. The molecule has 1 aliphatic carbocycles. The molecule has 0 bridgehead atoms. The van der Waals surface area contributed by atoms with Gasteiger partial charge in [-0.3, -0.25) is 0 Å². The quantitative estimate of drug-likeness (QED) is 0.790.